The predicted octanol–water partition coefficient (Wildman–Crippen LogP) is 2.66. The molecular weight excluding hydrogens is 276 g/mol. The van der Waals surface area contributed by atoms with E-state index in [0.29, 0.717) is 0 Å². The number of likely N-dealkylation sites (tertiary alicyclic amines) is 1. The number of amides is 1. The van der Waals surface area contributed by atoms with E-state index in [2.05, 4.69) is 18.7 Å². The van der Waals surface area contributed by atoms with Crippen LogP contribution in [-0.4, -0.2) is 47.2 Å². The molecule has 1 aromatic rings. The fraction of sp³-hybridized carbons (Fsp3) is 0.611. The van der Waals surface area contributed by atoms with Gasteiger partial charge in [0.15, 0.2) is 0 Å². The molecule has 2 fully saturated rings. The standard InChI is InChI=1S/C18H26N2O2/c1-18(2)10-3-11-20(18)17(22)14-4-6-15(7-5-14)19-12-8-16(21)9-13-19/h4-7,16,21H,3,8-13H2,1-2H3. The molecule has 2 aliphatic heterocycles. The summed E-state index contributed by atoms with van der Waals surface area (Å²) < 4.78 is 0. The first-order chi connectivity index (χ1) is 10.5. The third kappa shape index (κ3) is 2.98. The predicted molar refractivity (Wildman–Crippen MR) is 88.2 cm³/mol. The van der Waals surface area contributed by atoms with Crippen LogP contribution in [0.5, 0.6) is 0 Å². The maximum absolute atomic E-state index is 12.7. The third-order valence-electron chi connectivity index (χ3n) is 5.09. The molecule has 1 amide bonds. The van der Waals surface area contributed by atoms with Crippen LogP contribution in [0, 0.1) is 0 Å². The number of piperidine rings is 1. The fourth-order valence-corrected chi connectivity index (χ4v) is 3.58. The minimum absolute atomic E-state index is 0.0290. The van der Waals surface area contributed by atoms with E-state index in [-0.39, 0.29) is 17.6 Å². The summed E-state index contributed by atoms with van der Waals surface area (Å²) in [5.74, 6) is 0.142. The SMILES string of the molecule is CC1(C)CCCN1C(=O)c1ccc(N2CCC(O)CC2)cc1. The monoisotopic (exact) mass is 302 g/mol. The third-order valence-corrected chi connectivity index (χ3v) is 5.09. The molecule has 120 valence electrons. The Labute approximate surface area is 132 Å². The van der Waals surface area contributed by atoms with Gasteiger partial charge < -0.3 is 14.9 Å². The Morgan fingerprint density at radius 1 is 1.14 bits per heavy atom. The molecule has 2 aliphatic rings. The van der Waals surface area contributed by atoms with E-state index in [4.69, 9.17) is 0 Å². The number of anilines is 1. The molecular formula is C18H26N2O2. The van der Waals surface area contributed by atoms with Crippen molar-refractivity contribution in [2.45, 2.75) is 51.2 Å². The lowest BCUT2D eigenvalue weighted by Gasteiger charge is -2.33. The zero-order valence-electron chi connectivity index (χ0n) is 13.6. The van der Waals surface area contributed by atoms with Crippen LogP contribution in [0.25, 0.3) is 0 Å². The Kier molecular flexibility index (Phi) is 4.13. The number of benzene rings is 1. The smallest absolute Gasteiger partial charge is 0.254 e. The molecule has 4 nitrogen and oxygen atoms in total. The lowest BCUT2D eigenvalue weighted by atomic mass is 10.0. The minimum atomic E-state index is -0.158. The zero-order chi connectivity index (χ0) is 15.7. The van der Waals surface area contributed by atoms with Crippen molar-refractivity contribution >= 4 is 11.6 Å². The first-order valence-electron chi connectivity index (χ1n) is 8.32. The molecule has 4 heteroatoms. The van der Waals surface area contributed by atoms with E-state index in [1.54, 1.807) is 0 Å². The Hall–Kier alpha value is -1.55. The van der Waals surface area contributed by atoms with Crippen molar-refractivity contribution in [1.29, 1.82) is 0 Å². The van der Waals surface area contributed by atoms with Crippen LogP contribution in [-0.2, 0) is 0 Å². The van der Waals surface area contributed by atoms with Crippen LogP contribution in [0.3, 0.4) is 0 Å². The minimum Gasteiger partial charge on any atom is -0.393 e. The molecule has 0 unspecified atom stereocenters. The van der Waals surface area contributed by atoms with E-state index < -0.39 is 0 Å². The molecule has 1 aromatic carbocycles. The molecule has 3 rings (SSSR count). The number of rotatable bonds is 2. The van der Waals surface area contributed by atoms with Gasteiger partial charge in [0, 0.05) is 36.4 Å². The average Bonchev–Trinajstić information content (AvgIpc) is 2.87. The molecule has 1 N–H and O–H groups in total. The number of hydrogen-bond donors (Lipinski definition) is 1. The van der Waals surface area contributed by atoms with Crippen LogP contribution in [0.15, 0.2) is 24.3 Å². The van der Waals surface area contributed by atoms with Crippen molar-refractivity contribution in [2.75, 3.05) is 24.5 Å². The molecule has 22 heavy (non-hydrogen) atoms. The second kappa shape index (κ2) is 5.92. The maximum Gasteiger partial charge on any atom is 0.254 e. The molecule has 0 spiro atoms. The summed E-state index contributed by atoms with van der Waals surface area (Å²) >= 11 is 0. The highest BCUT2D eigenvalue weighted by Gasteiger charge is 2.35. The van der Waals surface area contributed by atoms with E-state index in [1.165, 1.54) is 0 Å². The fourth-order valence-electron chi connectivity index (χ4n) is 3.58. The van der Waals surface area contributed by atoms with Gasteiger partial charge in [0.05, 0.1) is 6.10 Å². The molecule has 0 aromatic heterocycles. The summed E-state index contributed by atoms with van der Waals surface area (Å²) in [7, 11) is 0. The summed E-state index contributed by atoms with van der Waals surface area (Å²) in [6.07, 6.45) is 3.65. The number of aliphatic hydroxyl groups is 1. The largest absolute Gasteiger partial charge is 0.393 e. The van der Waals surface area contributed by atoms with Gasteiger partial charge in [-0.3, -0.25) is 4.79 Å². The lowest BCUT2D eigenvalue weighted by molar-refractivity contribution is 0.0652. The Morgan fingerprint density at radius 3 is 2.32 bits per heavy atom. The van der Waals surface area contributed by atoms with Crippen molar-refractivity contribution in [3.8, 4) is 0 Å². The molecule has 0 aliphatic carbocycles. The Morgan fingerprint density at radius 2 is 1.77 bits per heavy atom. The molecule has 0 bridgehead atoms. The highest BCUT2D eigenvalue weighted by Crippen LogP contribution is 2.30. The molecule has 2 heterocycles. The number of carbonyl (C=O) groups is 1. The van der Waals surface area contributed by atoms with Gasteiger partial charge in [0.2, 0.25) is 0 Å². The second-order valence-electron chi connectivity index (χ2n) is 7.14. The topological polar surface area (TPSA) is 43.8 Å². The van der Waals surface area contributed by atoms with Gasteiger partial charge in [-0.1, -0.05) is 0 Å². The van der Waals surface area contributed by atoms with Crippen LogP contribution in [0.2, 0.25) is 0 Å². The Bertz CT molecular complexity index is 531. The van der Waals surface area contributed by atoms with Crippen molar-refractivity contribution in [3.63, 3.8) is 0 Å². The van der Waals surface area contributed by atoms with Crippen molar-refractivity contribution in [2.24, 2.45) is 0 Å². The average molecular weight is 302 g/mol. The van der Waals surface area contributed by atoms with Crippen molar-refractivity contribution in [1.82, 2.24) is 4.90 Å². The maximum atomic E-state index is 12.7. The lowest BCUT2D eigenvalue weighted by Crippen LogP contribution is -2.42. The first kappa shape index (κ1) is 15.3. The van der Waals surface area contributed by atoms with Crippen LogP contribution >= 0.6 is 0 Å². The van der Waals surface area contributed by atoms with E-state index in [1.807, 2.05) is 29.2 Å². The quantitative estimate of drug-likeness (QED) is 0.913. The van der Waals surface area contributed by atoms with Gasteiger partial charge >= 0.3 is 0 Å². The van der Waals surface area contributed by atoms with E-state index >= 15 is 0 Å². The van der Waals surface area contributed by atoms with Crippen LogP contribution < -0.4 is 4.90 Å². The van der Waals surface area contributed by atoms with Crippen LogP contribution in [0.4, 0.5) is 5.69 Å². The number of carbonyl (C=O) groups excluding carboxylic acids is 1. The number of aliphatic hydroxyl groups excluding tert-OH is 1. The van der Waals surface area contributed by atoms with E-state index in [9.17, 15) is 9.90 Å². The summed E-state index contributed by atoms with van der Waals surface area (Å²) in [5, 5.41) is 9.58. The molecule has 0 radical (unpaired) electrons. The van der Waals surface area contributed by atoms with E-state index in [0.717, 1.165) is 56.6 Å². The van der Waals surface area contributed by atoms with Crippen LogP contribution in [0.1, 0.15) is 49.9 Å². The molecule has 0 atom stereocenters. The van der Waals surface area contributed by atoms with Gasteiger partial charge in [-0.2, -0.15) is 0 Å². The molecule has 2 saturated heterocycles. The summed E-state index contributed by atoms with van der Waals surface area (Å²) in [6.45, 7) is 6.91. The van der Waals surface area contributed by atoms with Gasteiger partial charge in [-0.25, -0.2) is 0 Å². The number of hydrogen-bond acceptors (Lipinski definition) is 3. The van der Waals surface area contributed by atoms with Crippen molar-refractivity contribution in [3.05, 3.63) is 29.8 Å². The number of nitrogens with zero attached hydrogens (tertiary/aromatic N) is 2. The van der Waals surface area contributed by atoms with Crippen molar-refractivity contribution < 1.29 is 9.90 Å². The highest BCUT2D eigenvalue weighted by molar-refractivity contribution is 5.95. The zero-order valence-corrected chi connectivity index (χ0v) is 13.6. The Balaban J connectivity index is 1.70. The molecule has 0 saturated carbocycles. The summed E-state index contributed by atoms with van der Waals surface area (Å²) in [6, 6.07) is 7.95. The first-order valence-corrected chi connectivity index (χ1v) is 8.32. The summed E-state index contributed by atoms with van der Waals surface area (Å²) in [5.41, 5.74) is 1.89. The van der Waals surface area contributed by atoms with Gasteiger partial charge in [-0.05, 0) is 63.8 Å². The second-order valence-corrected chi connectivity index (χ2v) is 7.14. The van der Waals surface area contributed by atoms with Gasteiger partial charge in [-0.15, -0.1) is 0 Å². The van der Waals surface area contributed by atoms with Gasteiger partial charge in [0.25, 0.3) is 5.91 Å². The summed E-state index contributed by atoms with van der Waals surface area (Å²) in [4.78, 5) is 17.0. The highest BCUT2D eigenvalue weighted by atomic mass is 16.3. The van der Waals surface area contributed by atoms with Gasteiger partial charge in [0.1, 0.15) is 0 Å². The normalized spacial score (nSPS) is 22.1.